The number of nitrogen functional groups attached to an aromatic ring is 1. The molecule has 3 aromatic rings. The molecule has 0 saturated carbocycles. The summed E-state index contributed by atoms with van der Waals surface area (Å²) < 4.78 is 11.8. The van der Waals surface area contributed by atoms with E-state index in [0.717, 1.165) is 35.1 Å². The van der Waals surface area contributed by atoms with Gasteiger partial charge in [0, 0.05) is 29.5 Å². The van der Waals surface area contributed by atoms with Crippen LogP contribution in [-0.4, -0.2) is 42.2 Å². The van der Waals surface area contributed by atoms with Gasteiger partial charge >= 0.3 is 0 Å². The lowest BCUT2D eigenvalue weighted by atomic mass is 9.98. The molecule has 3 N–H and O–H groups in total. The number of morpholine rings is 1. The molecule has 8 nitrogen and oxygen atoms in total. The SMILES string of the molecule is CCC(CC)C(C)Oc1ccc(N2CCOC(CC(=O)Nc3ccc4c(N)nccc4c3)C2=O)cc1. The highest BCUT2D eigenvalue weighted by Crippen LogP contribution is 2.26. The van der Waals surface area contributed by atoms with Gasteiger partial charge in [-0.05, 0) is 79.6 Å². The Balaban J connectivity index is 1.37. The molecule has 0 radical (unpaired) electrons. The van der Waals surface area contributed by atoms with Crippen molar-refractivity contribution in [1.82, 2.24) is 4.98 Å². The van der Waals surface area contributed by atoms with Crippen LogP contribution < -0.4 is 20.7 Å². The van der Waals surface area contributed by atoms with Gasteiger partial charge in [-0.15, -0.1) is 0 Å². The second-order valence-corrected chi connectivity index (χ2v) is 9.13. The van der Waals surface area contributed by atoms with Crippen molar-refractivity contribution in [3.8, 4) is 5.75 Å². The predicted octanol–water partition coefficient (Wildman–Crippen LogP) is 4.78. The first-order valence-electron chi connectivity index (χ1n) is 12.5. The van der Waals surface area contributed by atoms with Crippen molar-refractivity contribution in [3.05, 3.63) is 54.7 Å². The summed E-state index contributed by atoms with van der Waals surface area (Å²) in [6, 6.07) is 14.8. The zero-order chi connectivity index (χ0) is 25.7. The summed E-state index contributed by atoms with van der Waals surface area (Å²) in [5.41, 5.74) is 7.28. The number of hydrogen-bond acceptors (Lipinski definition) is 6. The minimum absolute atomic E-state index is 0.0695. The Morgan fingerprint density at radius 2 is 1.94 bits per heavy atom. The Labute approximate surface area is 211 Å². The molecule has 190 valence electrons. The van der Waals surface area contributed by atoms with E-state index in [1.165, 1.54) is 0 Å². The molecule has 8 heteroatoms. The normalized spacial score (nSPS) is 16.8. The fourth-order valence-electron chi connectivity index (χ4n) is 4.67. The van der Waals surface area contributed by atoms with Crippen LogP contribution in [0.1, 0.15) is 40.0 Å². The number of amides is 2. The van der Waals surface area contributed by atoms with E-state index in [9.17, 15) is 9.59 Å². The molecular weight excluding hydrogens is 456 g/mol. The Hall–Kier alpha value is -3.65. The minimum atomic E-state index is -0.843. The van der Waals surface area contributed by atoms with Crippen LogP contribution in [0.25, 0.3) is 10.8 Å². The van der Waals surface area contributed by atoms with Crippen LogP contribution in [0.15, 0.2) is 54.7 Å². The summed E-state index contributed by atoms with van der Waals surface area (Å²) in [6.45, 7) is 7.23. The molecule has 1 fully saturated rings. The lowest BCUT2D eigenvalue weighted by Crippen LogP contribution is -2.49. The second-order valence-electron chi connectivity index (χ2n) is 9.13. The predicted molar refractivity (Wildman–Crippen MR) is 142 cm³/mol. The molecule has 1 saturated heterocycles. The molecule has 1 aromatic heterocycles. The number of nitrogens with zero attached hydrogens (tertiary/aromatic N) is 2. The molecule has 1 aliphatic rings. The number of nitrogens with one attached hydrogen (secondary N) is 1. The third-order valence-corrected chi connectivity index (χ3v) is 6.81. The summed E-state index contributed by atoms with van der Waals surface area (Å²) in [6.07, 6.45) is 2.97. The molecule has 36 heavy (non-hydrogen) atoms. The molecule has 4 rings (SSSR count). The number of rotatable bonds is 9. The smallest absolute Gasteiger partial charge is 0.256 e. The van der Waals surface area contributed by atoms with Crippen molar-refractivity contribution in [2.24, 2.45) is 5.92 Å². The number of ether oxygens (including phenoxy) is 2. The summed E-state index contributed by atoms with van der Waals surface area (Å²) >= 11 is 0. The van der Waals surface area contributed by atoms with Gasteiger partial charge in [-0.2, -0.15) is 0 Å². The zero-order valence-corrected chi connectivity index (χ0v) is 21.1. The summed E-state index contributed by atoms with van der Waals surface area (Å²) in [7, 11) is 0. The van der Waals surface area contributed by atoms with Crippen LogP contribution in [0.4, 0.5) is 17.2 Å². The van der Waals surface area contributed by atoms with Crippen molar-refractivity contribution in [1.29, 1.82) is 0 Å². The monoisotopic (exact) mass is 490 g/mol. The van der Waals surface area contributed by atoms with Gasteiger partial charge in [0.05, 0.1) is 19.1 Å². The van der Waals surface area contributed by atoms with Gasteiger partial charge in [-0.3, -0.25) is 9.59 Å². The van der Waals surface area contributed by atoms with E-state index in [0.29, 0.717) is 30.6 Å². The van der Waals surface area contributed by atoms with Crippen LogP contribution in [0.2, 0.25) is 0 Å². The van der Waals surface area contributed by atoms with Crippen LogP contribution >= 0.6 is 0 Å². The van der Waals surface area contributed by atoms with Crippen molar-refractivity contribution < 1.29 is 19.1 Å². The van der Waals surface area contributed by atoms with E-state index in [2.05, 4.69) is 31.1 Å². The van der Waals surface area contributed by atoms with E-state index in [1.54, 1.807) is 17.2 Å². The molecule has 0 aliphatic carbocycles. The number of hydrogen-bond donors (Lipinski definition) is 2. The summed E-state index contributed by atoms with van der Waals surface area (Å²) in [4.78, 5) is 31.6. The number of nitrogens with two attached hydrogens (primary N) is 1. The van der Waals surface area contributed by atoms with E-state index in [-0.39, 0.29) is 24.3 Å². The highest BCUT2D eigenvalue weighted by atomic mass is 16.5. The maximum absolute atomic E-state index is 13.1. The molecule has 2 unspecified atom stereocenters. The Bertz CT molecular complexity index is 1210. The number of aromatic nitrogens is 1. The zero-order valence-electron chi connectivity index (χ0n) is 21.1. The molecule has 0 bridgehead atoms. The van der Waals surface area contributed by atoms with Gasteiger partial charge in [0.15, 0.2) is 0 Å². The molecular formula is C28H34N4O4. The standard InChI is InChI=1S/C28H34N4O4/c1-4-19(5-2)18(3)36-23-9-7-22(8-10-23)32-14-15-35-25(28(32)34)17-26(33)31-21-6-11-24-20(16-21)12-13-30-27(24)29/h6-13,16,18-19,25H,4-5,14-15,17H2,1-3H3,(H2,29,30)(H,31,33). The molecule has 2 aromatic carbocycles. The second kappa shape index (κ2) is 11.4. The van der Waals surface area contributed by atoms with Crippen molar-refractivity contribution in [2.45, 2.75) is 52.2 Å². The fourth-order valence-corrected chi connectivity index (χ4v) is 4.67. The summed E-state index contributed by atoms with van der Waals surface area (Å²) in [5, 5.41) is 4.54. The molecule has 2 atom stereocenters. The highest BCUT2D eigenvalue weighted by molar-refractivity contribution is 6.02. The first kappa shape index (κ1) is 25.4. The Morgan fingerprint density at radius 1 is 1.19 bits per heavy atom. The third-order valence-electron chi connectivity index (χ3n) is 6.81. The van der Waals surface area contributed by atoms with Crippen LogP contribution in [0.3, 0.4) is 0 Å². The topological polar surface area (TPSA) is 107 Å². The van der Waals surface area contributed by atoms with E-state index >= 15 is 0 Å². The number of pyridine rings is 1. The minimum Gasteiger partial charge on any atom is -0.490 e. The van der Waals surface area contributed by atoms with Gasteiger partial charge in [-0.25, -0.2) is 4.98 Å². The van der Waals surface area contributed by atoms with Gasteiger partial charge in [-0.1, -0.05) is 13.8 Å². The maximum atomic E-state index is 13.1. The number of benzene rings is 2. The van der Waals surface area contributed by atoms with Crippen molar-refractivity contribution in [2.75, 3.05) is 29.1 Å². The molecule has 2 amide bonds. The molecule has 0 spiro atoms. The Morgan fingerprint density at radius 3 is 2.67 bits per heavy atom. The molecule has 1 aliphatic heterocycles. The van der Waals surface area contributed by atoms with Crippen LogP contribution in [0.5, 0.6) is 5.75 Å². The Kier molecular flexibility index (Phi) is 8.05. The average Bonchev–Trinajstić information content (AvgIpc) is 2.87. The first-order valence-corrected chi connectivity index (χ1v) is 12.5. The quantitative estimate of drug-likeness (QED) is 0.447. The van der Waals surface area contributed by atoms with Crippen LogP contribution in [-0.2, 0) is 14.3 Å². The fraction of sp³-hybridized carbons (Fsp3) is 0.393. The lowest BCUT2D eigenvalue weighted by molar-refractivity contribution is -0.137. The third kappa shape index (κ3) is 5.76. The number of carbonyl (C=O) groups is 2. The van der Waals surface area contributed by atoms with Gasteiger partial charge < -0.3 is 25.4 Å². The van der Waals surface area contributed by atoms with Gasteiger partial charge in [0.1, 0.15) is 17.7 Å². The lowest BCUT2D eigenvalue weighted by Gasteiger charge is -2.32. The average molecular weight is 491 g/mol. The number of carbonyl (C=O) groups excluding carboxylic acids is 2. The van der Waals surface area contributed by atoms with Crippen molar-refractivity contribution >= 4 is 39.8 Å². The summed E-state index contributed by atoms with van der Waals surface area (Å²) in [5.74, 6) is 1.19. The van der Waals surface area contributed by atoms with Gasteiger partial charge in [0.25, 0.3) is 5.91 Å². The van der Waals surface area contributed by atoms with E-state index < -0.39 is 6.10 Å². The molecule has 2 heterocycles. The number of anilines is 3. The van der Waals surface area contributed by atoms with Gasteiger partial charge in [0.2, 0.25) is 5.91 Å². The van der Waals surface area contributed by atoms with E-state index in [1.807, 2.05) is 42.5 Å². The maximum Gasteiger partial charge on any atom is 0.256 e. The van der Waals surface area contributed by atoms with Crippen molar-refractivity contribution in [3.63, 3.8) is 0 Å². The first-order chi connectivity index (χ1) is 17.4. The van der Waals surface area contributed by atoms with Crippen LogP contribution in [0, 0.1) is 5.92 Å². The van der Waals surface area contributed by atoms with E-state index in [4.69, 9.17) is 15.2 Å². The largest absolute Gasteiger partial charge is 0.490 e. The number of fused-ring (bicyclic) bond motifs is 1. The highest BCUT2D eigenvalue weighted by Gasteiger charge is 2.32.